The molecule has 2 N–H and O–H groups in total. The molecule has 1 aliphatic rings. The van der Waals surface area contributed by atoms with Crippen LogP contribution < -0.4 is 5.32 Å². The highest BCUT2D eigenvalue weighted by Gasteiger charge is 2.32. The highest BCUT2D eigenvalue weighted by molar-refractivity contribution is 5.23. The number of aliphatic hydroxyl groups is 1. The Morgan fingerprint density at radius 1 is 1.42 bits per heavy atom. The maximum atomic E-state index is 10.1. The minimum atomic E-state index is -0.644. The van der Waals surface area contributed by atoms with E-state index in [0.29, 0.717) is 6.54 Å². The minimum absolute atomic E-state index is 0.644. The maximum absolute atomic E-state index is 10.1. The Balaban J connectivity index is 2.29. The van der Waals surface area contributed by atoms with Gasteiger partial charge < -0.3 is 10.4 Å². The highest BCUT2D eigenvalue weighted by atomic mass is 16.3. The lowest BCUT2D eigenvalue weighted by atomic mass is 9.93. The number of β-amino-alcohol motifs (C(OH)–C–C–N with tert-alkyl or cyclic N) is 1. The van der Waals surface area contributed by atoms with Gasteiger partial charge in [0.15, 0.2) is 0 Å². The van der Waals surface area contributed by atoms with E-state index in [0.717, 1.165) is 18.5 Å². The third-order valence-electron chi connectivity index (χ3n) is 2.39. The van der Waals surface area contributed by atoms with E-state index in [2.05, 4.69) is 11.4 Å². The average Bonchev–Trinajstić information content (AvgIpc) is 2.55. The summed E-state index contributed by atoms with van der Waals surface area (Å²) in [5.41, 5.74) is 0.348. The first-order valence-corrected chi connectivity index (χ1v) is 4.21. The summed E-state index contributed by atoms with van der Waals surface area (Å²) < 4.78 is 0. The Bertz CT molecular complexity index is 252. The van der Waals surface area contributed by atoms with Crippen LogP contribution in [0.3, 0.4) is 0 Å². The SMILES string of the molecule is OC1(c2cc[c]cc2)CCNC1. The van der Waals surface area contributed by atoms with Crippen LogP contribution in [0.15, 0.2) is 24.3 Å². The number of hydrogen-bond donors (Lipinski definition) is 2. The van der Waals surface area contributed by atoms with Crippen LogP contribution in [0.1, 0.15) is 12.0 Å². The molecule has 0 aromatic heterocycles. The third-order valence-corrected chi connectivity index (χ3v) is 2.39. The van der Waals surface area contributed by atoms with Gasteiger partial charge >= 0.3 is 0 Å². The molecule has 1 heterocycles. The molecule has 1 aromatic rings. The predicted molar refractivity (Wildman–Crippen MR) is 46.7 cm³/mol. The van der Waals surface area contributed by atoms with Crippen LogP contribution in [0.25, 0.3) is 0 Å². The lowest BCUT2D eigenvalue weighted by Crippen LogP contribution is -2.28. The first kappa shape index (κ1) is 7.77. The molecule has 1 saturated heterocycles. The van der Waals surface area contributed by atoms with E-state index in [1.165, 1.54) is 0 Å². The van der Waals surface area contributed by atoms with Crippen molar-refractivity contribution in [1.82, 2.24) is 5.32 Å². The van der Waals surface area contributed by atoms with Crippen molar-refractivity contribution in [2.24, 2.45) is 0 Å². The second-order valence-corrected chi connectivity index (χ2v) is 3.25. The molecular weight excluding hydrogens is 150 g/mol. The van der Waals surface area contributed by atoms with Crippen molar-refractivity contribution in [1.29, 1.82) is 0 Å². The zero-order valence-electron chi connectivity index (χ0n) is 6.88. The molecule has 1 aliphatic heterocycles. The Hall–Kier alpha value is -0.860. The third kappa shape index (κ3) is 1.24. The maximum Gasteiger partial charge on any atom is 0.103 e. The van der Waals surface area contributed by atoms with Gasteiger partial charge in [0.2, 0.25) is 0 Å². The van der Waals surface area contributed by atoms with E-state index in [4.69, 9.17) is 0 Å². The summed E-state index contributed by atoms with van der Waals surface area (Å²) in [6, 6.07) is 10.5. The van der Waals surface area contributed by atoms with Crippen LogP contribution in [0.4, 0.5) is 0 Å². The van der Waals surface area contributed by atoms with Gasteiger partial charge in [-0.1, -0.05) is 24.3 Å². The number of hydrogen-bond acceptors (Lipinski definition) is 2. The summed E-state index contributed by atoms with van der Waals surface area (Å²) in [6.45, 7) is 1.56. The van der Waals surface area contributed by atoms with Gasteiger partial charge in [0.25, 0.3) is 0 Å². The molecule has 0 spiro atoms. The molecule has 0 bridgehead atoms. The fraction of sp³-hybridized carbons (Fsp3) is 0.400. The van der Waals surface area contributed by atoms with Crippen molar-refractivity contribution in [3.63, 3.8) is 0 Å². The van der Waals surface area contributed by atoms with E-state index in [1.54, 1.807) is 0 Å². The number of rotatable bonds is 1. The van der Waals surface area contributed by atoms with E-state index in [-0.39, 0.29) is 0 Å². The van der Waals surface area contributed by atoms with Crippen molar-refractivity contribution < 1.29 is 5.11 Å². The standard InChI is InChI=1S/C10H12NO/c12-10(6-7-11-8-10)9-4-2-1-3-5-9/h2-5,11-12H,6-8H2. The van der Waals surface area contributed by atoms with Gasteiger partial charge in [-0.05, 0) is 24.6 Å². The Morgan fingerprint density at radius 2 is 2.17 bits per heavy atom. The lowest BCUT2D eigenvalue weighted by molar-refractivity contribution is 0.0587. The number of benzene rings is 1. The van der Waals surface area contributed by atoms with E-state index >= 15 is 0 Å². The minimum Gasteiger partial charge on any atom is -0.384 e. The monoisotopic (exact) mass is 162 g/mol. The summed E-state index contributed by atoms with van der Waals surface area (Å²) in [7, 11) is 0. The van der Waals surface area contributed by atoms with Gasteiger partial charge in [0.1, 0.15) is 5.60 Å². The molecule has 0 amide bonds. The van der Waals surface area contributed by atoms with Crippen molar-refractivity contribution in [3.8, 4) is 0 Å². The molecule has 1 unspecified atom stereocenters. The quantitative estimate of drug-likeness (QED) is 0.636. The fourth-order valence-electron chi connectivity index (χ4n) is 1.62. The molecule has 1 radical (unpaired) electrons. The topological polar surface area (TPSA) is 32.3 Å². The van der Waals surface area contributed by atoms with Crippen molar-refractivity contribution >= 4 is 0 Å². The molecule has 63 valence electrons. The molecule has 1 atom stereocenters. The predicted octanol–water partition coefficient (Wildman–Crippen LogP) is 0.668. The molecule has 2 rings (SSSR count). The highest BCUT2D eigenvalue weighted by Crippen LogP contribution is 2.26. The largest absolute Gasteiger partial charge is 0.384 e. The van der Waals surface area contributed by atoms with Gasteiger partial charge in [-0.2, -0.15) is 0 Å². The second-order valence-electron chi connectivity index (χ2n) is 3.25. The average molecular weight is 162 g/mol. The summed E-state index contributed by atoms with van der Waals surface area (Å²) in [6.07, 6.45) is 0.803. The van der Waals surface area contributed by atoms with Crippen LogP contribution >= 0.6 is 0 Å². The normalized spacial score (nSPS) is 29.1. The molecule has 2 nitrogen and oxygen atoms in total. The van der Waals surface area contributed by atoms with Crippen molar-refractivity contribution in [2.75, 3.05) is 13.1 Å². The fourth-order valence-corrected chi connectivity index (χ4v) is 1.62. The van der Waals surface area contributed by atoms with Crippen LogP contribution in [-0.4, -0.2) is 18.2 Å². The zero-order chi connectivity index (χ0) is 8.44. The van der Waals surface area contributed by atoms with Gasteiger partial charge in [-0.25, -0.2) is 0 Å². The zero-order valence-corrected chi connectivity index (χ0v) is 6.88. The summed E-state index contributed by atoms with van der Waals surface area (Å²) in [5.74, 6) is 0. The van der Waals surface area contributed by atoms with Gasteiger partial charge in [-0.3, -0.25) is 0 Å². The second kappa shape index (κ2) is 2.88. The lowest BCUT2D eigenvalue weighted by Gasteiger charge is -2.21. The summed E-state index contributed by atoms with van der Waals surface area (Å²) in [4.78, 5) is 0. The number of nitrogens with one attached hydrogen (secondary N) is 1. The molecule has 1 aromatic carbocycles. The van der Waals surface area contributed by atoms with Crippen LogP contribution in [-0.2, 0) is 5.60 Å². The van der Waals surface area contributed by atoms with Crippen LogP contribution in [0, 0.1) is 6.07 Å². The molecule has 0 saturated carbocycles. The van der Waals surface area contributed by atoms with Crippen molar-refractivity contribution in [2.45, 2.75) is 12.0 Å². The summed E-state index contributed by atoms with van der Waals surface area (Å²) in [5, 5.41) is 13.2. The molecule has 0 aliphatic carbocycles. The Morgan fingerprint density at radius 3 is 2.75 bits per heavy atom. The summed E-state index contributed by atoms with van der Waals surface area (Å²) >= 11 is 0. The van der Waals surface area contributed by atoms with E-state index < -0.39 is 5.60 Å². The smallest absolute Gasteiger partial charge is 0.103 e. The van der Waals surface area contributed by atoms with E-state index in [1.807, 2.05) is 24.3 Å². The first-order chi connectivity index (χ1) is 5.81. The molecule has 1 fully saturated rings. The van der Waals surface area contributed by atoms with Gasteiger partial charge in [0, 0.05) is 6.54 Å². The molecule has 12 heavy (non-hydrogen) atoms. The van der Waals surface area contributed by atoms with Crippen molar-refractivity contribution in [3.05, 3.63) is 35.9 Å². The molecular formula is C10H12NO. The van der Waals surface area contributed by atoms with Crippen LogP contribution in [0.2, 0.25) is 0 Å². The Labute approximate surface area is 72.2 Å². The van der Waals surface area contributed by atoms with Gasteiger partial charge in [-0.15, -0.1) is 0 Å². The van der Waals surface area contributed by atoms with Gasteiger partial charge in [0.05, 0.1) is 0 Å². The Kier molecular flexibility index (Phi) is 1.87. The first-order valence-electron chi connectivity index (χ1n) is 4.21. The van der Waals surface area contributed by atoms with Crippen LogP contribution in [0.5, 0.6) is 0 Å². The molecule has 2 heteroatoms. The van der Waals surface area contributed by atoms with E-state index in [9.17, 15) is 5.11 Å².